The maximum atomic E-state index is 6.31. The van der Waals surface area contributed by atoms with Crippen molar-refractivity contribution >= 4 is 54.3 Å². The molecule has 0 aliphatic rings. The summed E-state index contributed by atoms with van der Waals surface area (Å²) in [5.41, 5.74) is 9.09. The third kappa shape index (κ3) is 4.01. The first-order valence-corrected chi connectivity index (χ1v) is 14.7. The third-order valence-corrected chi connectivity index (χ3v) is 8.81. The molecule has 0 aliphatic heterocycles. The van der Waals surface area contributed by atoms with Gasteiger partial charge < -0.3 is 4.42 Å². The molecule has 0 radical (unpaired) electrons. The van der Waals surface area contributed by atoms with E-state index in [1.54, 1.807) is 0 Å². The molecule has 0 amide bonds. The van der Waals surface area contributed by atoms with Gasteiger partial charge in [-0.25, -0.2) is 0 Å². The Labute approximate surface area is 249 Å². The van der Waals surface area contributed by atoms with Crippen LogP contribution in [0, 0.1) is 0 Å². The lowest BCUT2D eigenvalue weighted by Crippen LogP contribution is -1.84. The van der Waals surface area contributed by atoms with Gasteiger partial charge in [0.25, 0.3) is 0 Å². The van der Waals surface area contributed by atoms with Crippen LogP contribution in [0.4, 0.5) is 0 Å². The molecular weight excluding hydrogens is 520 g/mol. The van der Waals surface area contributed by atoms with Gasteiger partial charge in [-0.05, 0) is 96.5 Å². The number of hydrogen-bond donors (Lipinski definition) is 0. The lowest BCUT2D eigenvalue weighted by Gasteiger charge is -2.10. The molecule has 9 rings (SSSR count). The summed E-state index contributed by atoms with van der Waals surface area (Å²) in [5, 5.41) is 9.79. The van der Waals surface area contributed by atoms with Crippen LogP contribution < -0.4 is 0 Å². The van der Waals surface area contributed by atoms with Gasteiger partial charge in [-0.2, -0.15) is 0 Å². The molecule has 0 atom stereocenters. The Morgan fingerprint density at radius 1 is 0.302 bits per heavy atom. The maximum absolute atomic E-state index is 6.31. The van der Waals surface area contributed by atoms with E-state index in [1.807, 2.05) is 12.1 Å². The van der Waals surface area contributed by atoms with Crippen LogP contribution in [0.15, 0.2) is 162 Å². The van der Waals surface area contributed by atoms with Gasteiger partial charge in [-0.1, -0.05) is 121 Å². The van der Waals surface area contributed by atoms with Crippen LogP contribution in [0.1, 0.15) is 0 Å². The molecule has 1 aromatic heterocycles. The van der Waals surface area contributed by atoms with E-state index in [-0.39, 0.29) is 0 Å². The van der Waals surface area contributed by atoms with Gasteiger partial charge in [0.1, 0.15) is 11.2 Å². The van der Waals surface area contributed by atoms with E-state index in [2.05, 4.69) is 146 Å². The summed E-state index contributed by atoms with van der Waals surface area (Å²) in [5.74, 6) is 0. The molecule has 0 bridgehead atoms. The van der Waals surface area contributed by atoms with Crippen molar-refractivity contribution in [3.8, 4) is 33.4 Å². The van der Waals surface area contributed by atoms with Crippen molar-refractivity contribution in [3.05, 3.63) is 158 Å². The van der Waals surface area contributed by atoms with Crippen LogP contribution in [0.5, 0.6) is 0 Å². The maximum Gasteiger partial charge on any atom is 0.143 e. The first-order chi connectivity index (χ1) is 21.3. The molecule has 0 saturated heterocycles. The second-order valence-corrected chi connectivity index (χ2v) is 11.4. The molecule has 8 aromatic carbocycles. The fourth-order valence-electron chi connectivity index (χ4n) is 6.54. The van der Waals surface area contributed by atoms with Crippen molar-refractivity contribution in [2.45, 2.75) is 0 Å². The van der Waals surface area contributed by atoms with E-state index in [4.69, 9.17) is 4.42 Å². The molecule has 1 nitrogen and oxygen atoms in total. The highest BCUT2D eigenvalue weighted by Crippen LogP contribution is 2.37. The highest BCUT2D eigenvalue weighted by molar-refractivity contribution is 6.10. The second kappa shape index (κ2) is 9.44. The summed E-state index contributed by atoms with van der Waals surface area (Å²) >= 11 is 0. The molecule has 1 heteroatoms. The van der Waals surface area contributed by atoms with Crippen LogP contribution in [0.2, 0.25) is 0 Å². The predicted octanol–water partition coefficient (Wildman–Crippen LogP) is 12.0. The average Bonchev–Trinajstić information content (AvgIpc) is 3.46. The fourth-order valence-corrected chi connectivity index (χ4v) is 6.54. The molecule has 0 aliphatic carbocycles. The van der Waals surface area contributed by atoms with Crippen LogP contribution in [-0.2, 0) is 0 Å². The Bertz CT molecular complexity index is 2510. The van der Waals surface area contributed by atoms with Gasteiger partial charge in [-0.3, -0.25) is 0 Å². The zero-order valence-electron chi connectivity index (χ0n) is 23.4. The van der Waals surface area contributed by atoms with Crippen molar-refractivity contribution in [3.63, 3.8) is 0 Å². The standard InChI is InChI=1S/C42H26O/c1-2-7-28-22-29(13-12-27(28)6-1)30-14-15-32-24-33(17-16-31(32)23-30)34-18-19-36-26-37(21-20-35(36)25-34)38-9-5-10-40-39-8-3-4-11-41(39)43-42(38)40/h1-26H. The fraction of sp³-hybridized carbons (Fsp3) is 0. The van der Waals surface area contributed by atoms with E-state index in [0.717, 1.165) is 33.1 Å². The number of para-hydroxylation sites is 2. The van der Waals surface area contributed by atoms with E-state index in [9.17, 15) is 0 Å². The highest BCUT2D eigenvalue weighted by Gasteiger charge is 2.12. The van der Waals surface area contributed by atoms with E-state index in [0.29, 0.717) is 0 Å². The summed E-state index contributed by atoms with van der Waals surface area (Å²) in [6.07, 6.45) is 0. The molecule has 9 aromatic rings. The normalized spacial score (nSPS) is 11.7. The zero-order valence-corrected chi connectivity index (χ0v) is 23.4. The topological polar surface area (TPSA) is 13.1 Å². The molecule has 0 saturated carbocycles. The number of benzene rings is 8. The minimum absolute atomic E-state index is 0.927. The Morgan fingerprint density at radius 3 is 1.37 bits per heavy atom. The number of furan rings is 1. The molecule has 43 heavy (non-hydrogen) atoms. The lowest BCUT2D eigenvalue weighted by molar-refractivity contribution is 0.670. The number of fused-ring (bicyclic) bond motifs is 6. The predicted molar refractivity (Wildman–Crippen MR) is 183 cm³/mol. The van der Waals surface area contributed by atoms with Crippen molar-refractivity contribution in [2.24, 2.45) is 0 Å². The molecule has 0 spiro atoms. The van der Waals surface area contributed by atoms with Gasteiger partial charge in [-0.15, -0.1) is 0 Å². The smallest absolute Gasteiger partial charge is 0.143 e. The highest BCUT2D eigenvalue weighted by atomic mass is 16.3. The van der Waals surface area contributed by atoms with Crippen LogP contribution in [0.3, 0.4) is 0 Å². The van der Waals surface area contributed by atoms with Crippen LogP contribution >= 0.6 is 0 Å². The molecular formula is C42H26O. The van der Waals surface area contributed by atoms with Crippen molar-refractivity contribution in [2.75, 3.05) is 0 Å². The first kappa shape index (κ1) is 24.0. The largest absolute Gasteiger partial charge is 0.455 e. The average molecular weight is 547 g/mol. The first-order valence-electron chi connectivity index (χ1n) is 14.7. The molecule has 1 heterocycles. The van der Waals surface area contributed by atoms with Crippen molar-refractivity contribution in [1.29, 1.82) is 0 Å². The Morgan fingerprint density at radius 2 is 0.744 bits per heavy atom. The summed E-state index contributed by atoms with van der Waals surface area (Å²) in [6, 6.07) is 57.0. The summed E-state index contributed by atoms with van der Waals surface area (Å²) < 4.78 is 6.31. The van der Waals surface area contributed by atoms with Gasteiger partial charge >= 0.3 is 0 Å². The SMILES string of the molecule is c1ccc2cc(-c3ccc4cc(-c5ccc6cc(-c7cccc8c7oc7ccccc78)ccc6c5)ccc4c3)ccc2c1. The van der Waals surface area contributed by atoms with Crippen LogP contribution in [-0.4, -0.2) is 0 Å². The molecule has 0 N–H and O–H groups in total. The molecule has 0 unspecified atom stereocenters. The molecule has 0 fully saturated rings. The Kier molecular flexibility index (Phi) is 5.27. The van der Waals surface area contributed by atoms with Gasteiger partial charge in [0.05, 0.1) is 0 Å². The van der Waals surface area contributed by atoms with Crippen LogP contribution in [0.25, 0.3) is 87.6 Å². The quantitative estimate of drug-likeness (QED) is 0.215. The summed E-state index contributed by atoms with van der Waals surface area (Å²) in [4.78, 5) is 0. The van der Waals surface area contributed by atoms with Crippen molar-refractivity contribution in [1.82, 2.24) is 0 Å². The van der Waals surface area contributed by atoms with Gasteiger partial charge in [0.15, 0.2) is 0 Å². The minimum Gasteiger partial charge on any atom is -0.455 e. The molecule has 200 valence electrons. The summed E-state index contributed by atoms with van der Waals surface area (Å²) in [7, 11) is 0. The van der Waals surface area contributed by atoms with E-state index in [1.165, 1.54) is 54.6 Å². The second-order valence-electron chi connectivity index (χ2n) is 11.4. The van der Waals surface area contributed by atoms with Crippen molar-refractivity contribution < 1.29 is 4.42 Å². The number of hydrogen-bond acceptors (Lipinski definition) is 1. The monoisotopic (exact) mass is 546 g/mol. The Balaban J connectivity index is 1.06. The van der Waals surface area contributed by atoms with E-state index < -0.39 is 0 Å². The van der Waals surface area contributed by atoms with E-state index >= 15 is 0 Å². The third-order valence-electron chi connectivity index (χ3n) is 8.81. The Hall–Kier alpha value is -5.66. The zero-order chi connectivity index (χ0) is 28.3. The lowest BCUT2D eigenvalue weighted by atomic mass is 9.95. The van der Waals surface area contributed by atoms with Gasteiger partial charge in [0, 0.05) is 16.3 Å². The van der Waals surface area contributed by atoms with Gasteiger partial charge in [0.2, 0.25) is 0 Å². The minimum atomic E-state index is 0.927. The summed E-state index contributed by atoms with van der Waals surface area (Å²) in [6.45, 7) is 0. The number of rotatable bonds is 3.